The summed E-state index contributed by atoms with van der Waals surface area (Å²) >= 11 is 0. The summed E-state index contributed by atoms with van der Waals surface area (Å²) in [6, 6.07) is 7.53. The van der Waals surface area contributed by atoms with Crippen molar-refractivity contribution in [1.82, 2.24) is 0 Å². The number of ether oxygens (including phenoxy) is 2. The van der Waals surface area contributed by atoms with E-state index >= 15 is 0 Å². The topological polar surface area (TPSA) is 69.7 Å². The molecule has 0 spiro atoms. The van der Waals surface area contributed by atoms with Crippen LogP contribution in [0.4, 0.5) is 0 Å². The largest absolute Gasteiger partial charge is 0.468 e. The highest BCUT2D eigenvalue weighted by atomic mass is 32.2. The SMILES string of the molecule is COC(=O)C(CC#CCCS(=O)c1ccc(C)cc1)(CC=C(C)C)C(=O)OC. The highest BCUT2D eigenvalue weighted by Gasteiger charge is 2.47. The molecule has 1 rings (SSSR count). The summed E-state index contributed by atoms with van der Waals surface area (Å²) in [5, 5.41) is 0. The first-order valence-electron chi connectivity index (χ1n) is 8.97. The maximum absolute atomic E-state index is 12.4. The lowest BCUT2D eigenvalue weighted by Crippen LogP contribution is -2.40. The Hall–Kier alpha value is -2.39. The van der Waals surface area contributed by atoms with Crippen molar-refractivity contribution >= 4 is 22.7 Å². The van der Waals surface area contributed by atoms with Gasteiger partial charge in [-0.3, -0.25) is 13.8 Å². The van der Waals surface area contributed by atoms with Gasteiger partial charge < -0.3 is 9.47 Å². The van der Waals surface area contributed by atoms with Crippen LogP contribution in [0, 0.1) is 24.2 Å². The molecule has 0 aliphatic heterocycles. The Kier molecular flexibility index (Phi) is 9.67. The van der Waals surface area contributed by atoms with Crippen LogP contribution in [0.3, 0.4) is 0 Å². The molecule has 1 unspecified atom stereocenters. The van der Waals surface area contributed by atoms with Crippen molar-refractivity contribution in [3.05, 3.63) is 41.5 Å². The Labute approximate surface area is 170 Å². The molecule has 1 aromatic rings. The zero-order valence-corrected chi connectivity index (χ0v) is 18.0. The molecule has 0 saturated carbocycles. The van der Waals surface area contributed by atoms with Crippen molar-refractivity contribution in [3.8, 4) is 11.8 Å². The first-order valence-corrected chi connectivity index (χ1v) is 10.3. The number of hydrogen-bond donors (Lipinski definition) is 0. The third-order valence-electron chi connectivity index (χ3n) is 4.22. The molecule has 0 heterocycles. The molecule has 0 bridgehead atoms. The second kappa shape index (κ2) is 11.5. The second-order valence-corrected chi connectivity index (χ2v) is 8.26. The van der Waals surface area contributed by atoms with Gasteiger partial charge in [0.05, 0.1) is 25.0 Å². The van der Waals surface area contributed by atoms with E-state index in [1.54, 1.807) is 6.08 Å². The number of aryl methyl sites for hydroxylation is 1. The smallest absolute Gasteiger partial charge is 0.324 e. The normalized spacial score (nSPS) is 11.6. The minimum atomic E-state index is -1.50. The van der Waals surface area contributed by atoms with Gasteiger partial charge in [-0.2, -0.15) is 0 Å². The lowest BCUT2D eigenvalue weighted by atomic mass is 9.80. The average molecular weight is 405 g/mol. The molecule has 1 atom stereocenters. The van der Waals surface area contributed by atoms with Crippen LogP contribution >= 0.6 is 0 Å². The van der Waals surface area contributed by atoms with Gasteiger partial charge in [0.2, 0.25) is 0 Å². The lowest BCUT2D eigenvalue weighted by Gasteiger charge is -2.25. The molecule has 6 heteroatoms. The highest BCUT2D eigenvalue weighted by Crippen LogP contribution is 2.31. The van der Waals surface area contributed by atoms with E-state index in [0.29, 0.717) is 12.2 Å². The fourth-order valence-corrected chi connectivity index (χ4v) is 3.45. The second-order valence-electron chi connectivity index (χ2n) is 6.69. The molecular weight excluding hydrogens is 376 g/mol. The molecule has 0 aliphatic carbocycles. The van der Waals surface area contributed by atoms with Crippen LogP contribution in [0.15, 0.2) is 40.8 Å². The third kappa shape index (κ3) is 6.65. The standard InChI is InChI=1S/C22H28O5S/c1-17(2)13-15-22(20(23)26-4,21(24)27-5)14-7-6-8-16-28(25)19-11-9-18(3)10-12-19/h9-13H,8,14-16H2,1-5H3. The van der Waals surface area contributed by atoms with E-state index in [1.165, 1.54) is 14.2 Å². The van der Waals surface area contributed by atoms with E-state index in [0.717, 1.165) is 16.0 Å². The number of esters is 2. The number of carbonyl (C=O) groups excluding carboxylic acids is 2. The number of methoxy groups -OCH3 is 2. The van der Waals surface area contributed by atoms with Crippen molar-refractivity contribution in [1.29, 1.82) is 0 Å². The molecule has 0 saturated heterocycles. The van der Waals surface area contributed by atoms with Gasteiger partial charge in [0.1, 0.15) is 0 Å². The van der Waals surface area contributed by atoms with Crippen LogP contribution in [-0.2, 0) is 29.9 Å². The van der Waals surface area contributed by atoms with Crippen molar-refractivity contribution in [2.75, 3.05) is 20.0 Å². The van der Waals surface area contributed by atoms with Gasteiger partial charge in [-0.25, -0.2) is 0 Å². The maximum Gasteiger partial charge on any atom is 0.324 e. The highest BCUT2D eigenvalue weighted by molar-refractivity contribution is 7.85. The fourth-order valence-electron chi connectivity index (χ4n) is 2.49. The maximum atomic E-state index is 12.4. The Bertz CT molecular complexity index is 776. The van der Waals surface area contributed by atoms with Crippen LogP contribution in [0.25, 0.3) is 0 Å². The minimum Gasteiger partial charge on any atom is -0.468 e. The number of allylic oxidation sites excluding steroid dienone is 2. The van der Waals surface area contributed by atoms with Crippen LogP contribution < -0.4 is 0 Å². The third-order valence-corrected chi connectivity index (χ3v) is 5.60. The monoisotopic (exact) mass is 404 g/mol. The van der Waals surface area contributed by atoms with Crippen molar-refractivity contribution in [2.24, 2.45) is 5.41 Å². The molecule has 0 amide bonds. The minimum absolute atomic E-state index is 0.0205. The first kappa shape index (κ1) is 23.6. The Morgan fingerprint density at radius 2 is 1.64 bits per heavy atom. The fraction of sp³-hybridized carbons (Fsp3) is 0.455. The quantitative estimate of drug-likeness (QED) is 0.287. The summed E-state index contributed by atoms with van der Waals surface area (Å²) in [7, 11) is 1.33. The van der Waals surface area contributed by atoms with Crippen LogP contribution in [0.5, 0.6) is 0 Å². The summed E-state index contributed by atoms with van der Waals surface area (Å²) < 4.78 is 22.0. The Balaban J connectivity index is 2.86. The Morgan fingerprint density at radius 1 is 1.07 bits per heavy atom. The van der Waals surface area contributed by atoms with E-state index in [9.17, 15) is 13.8 Å². The van der Waals surface area contributed by atoms with Crippen LogP contribution in [0.2, 0.25) is 0 Å². The molecule has 5 nitrogen and oxygen atoms in total. The zero-order valence-electron chi connectivity index (χ0n) is 17.2. The average Bonchev–Trinajstić information content (AvgIpc) is 2.69. The van der Waals surface area contributed by atoms with E-state index < -0.39 is 28.2 Å². The van der Waals surface area contributed by atoms with Gasteiger partial charge in [0.25, 0.3) is 0 Å². The van der Waals surface area contributed by atoms with Crippen LogP contribution in [-0.4, -0.2) is 36.1 Å². The lowest BCUT2D eigenvalue weighted by molar-refractivity contribution is -0.168. The Morgan fingerprint density at radius 3 is 2.14 bits per heavy atom. The molecule has 152 valence electrons. The van der Waals surface area contributed by atoms with Gasteiger partial charge in [-0.15, -0.1) is 11.8 Å². The van der Waals surface area contributed by atoms with Gasteiger partial charge in [0.15, 0.2) is 5.41 Å². The molecule has 0 aliphatic rings. The van der Waals surface area contributed by atoms with E-state index in [4.69, 9.17) is 9.47 Å². The first-order chi connectivity index (χ1) is 13.3. The molecule has 1 aromatic carbocycles. The molecule has 28 heavy (non-hydrogen) atoms. The summed E-state index contributed by atoms with van der Waals surface area (Å²) in [5.74, 6) is 4.84. The summed E-state index contributed by atoms with van der Waals surface area (Å²) in [4.78, 5) is 25.5. The number of rotatable bonds is 8. The molecular formula is C22H28O5S. The molecule has 0 fully saturated rings. The predicted molar refractivity (Wildman–Crippen MR) is 110 cm³/mol. The summed E-state index contributed by atoms with van der Waals surface area (Å²) in [5.41, 5.74) is 0.585. The predicted octanol–water partition coefficient (Wildman–Crippen LogP) is 3.57. The molecule has 0 N–H and O–H groups in total. The molecule has 0 aromatic heterocycles. The number of carbonyl (C=O) groups is 2. The van der Waals surface area contributed by atoms with E-state index in [2.05, 4.69) is 11.8 Å². The zero-order chi connectivity index (χ0) is 21.2. The van der Waals surface area contributed by atoms with Gasteiger partial charge >= 0.3 is 11.9 Å². The van der Waals surface area contributed by atoms with E-state index in [-0.39, 0.29) is 12.8 Å². The van der Waals surface area contributed by atoms with E-state index in [1.807, 2.05) is 45.0 Å². The van der Waals surface area contributed by atoms with Crippen molar-refractivity contribution in [2.45, 2.75) is 44.9 Å². The van der Waals surface area contributed by atoms with Crippen molar-refractivity contribution < 1.29 is 23.3 Å². The number of hydrogen-bond acceptors (Lipinski definition) is 5. The number of benzene rings is 1. The summed E-state index contributed by atoms with van der Waals surface area (Å²) in [6.45, 7) is 5.74. The van der Waals surface area contributed by atoms with Crippen molar-refractivity contribution in [3.63, 3.8) is 0 Å². The van der Waals surface area contributed by atoms with Gasteiger partial charge in [-0.1, -0.05) is 29.3 Å². The molecule has 0 radical (unpaired) electrons. The van der Waals surface area contributed by atoms with Gasteiger partial charge in [0, 0.05) is 23.5 Å². The summed E-state index contributed by atoms with van der Waals surface area (Å²) in [6.07, 6.45) is 2.31. The van der Waals surface area contributed by atoms with Gasteiger partial charge in [-0.05, 0) is 39.3 Å². The van der Waals surface area contributed by atoms with Crippen LogP contribution in [0.1, 0.15) is 38.7 Å².